The average molecular weight is 295 g/mol. The Balaban J connectivity index is 1.79. The molecule has 2 aliphatic heterocycles. The zero-order valence-electron chi connectivity index (χ0n) is 11.8. The molecule has 0 aliphatic carbocycles. The largest absolute Gasteiger partial charge is 0.497 e. The molecule has 1 N–H and O–H groups in total. The van der Waals surface area contributed by atoms with Gasteiger partial charge in [0.1, 0.15) is 5.75 Å². The maximum absolute atomic E-state index is 11.7. The van der Waals surface area contributed by atoms with Gasteiger partial charge in [-0.3, -0.25) is 0 Å². The van der Waals surface area contributed by atoms with Gasteiger partial charge in [0, 0.05) is 18.5 Å². The zero-order valence-corrected chi connectivity index (χ0v) is 12.6. The minimum absolute atomic E-state index is 0.107. The molecule has 0 saturated carbocycles. The van der Waals surface area contributed by atoms with Gasteiger partial charge < -0.3 is 10.1 Å². The third-order valence-electron chi connectivity index (χ3n) is 4.74. The molecule has 1 atom stereocenters. The van der Waals surface area contributed by atoms with Crippen molar-refractivity contribution in [1.82, 2.24) is 5.32 Å². The molecule has 2 aliphatic rings. The van der Waals surface area contributed by atoms with Gasteiger partial charge in [0.2, 0.25) is 0 Å². The lowest BCUT2D eigenvalue weighted by molar-refractivity contribution is 0.0924. The maximum atomic E-state index is 11.7. The fourth-order valence-electron chi connectivity index (χ4n) is 3.47. The minimum atomic E-state index is -2.81. The van der Waals surface area contributed by atoms with Gasteiger partial charge in [0.25, 0.3) is 0 Å². The Morgan fingerprint density at radius 1 is 1.40 bits per heavy atom. The highest BCUT2D eigenvalue weighted by Crippen LogP contribution is 2.42. The quantitative estimate of drug-likeness (QED) is 0.908. The molecular formula is C15H21NO3S. The van der Waals surface area contributed by atoms with Crippen LogP contribution >= 0.6 is 0 Å². The lowest BCUT2D eigenvalue weighted by Crippen LogP contribution is -2.59. The maximum Gasteiger partial charge on any atom is 0.150 e. The standard InChI is InChI=1S/C15H21NO3S/c1-19-14-4-2-3-12(7-14)8-15(10-16-11-15)13-5-6-20(17,18)9-13/h2-4,7,13,16H,5-6,8-11H2,1H3. The van der Waals surface area contributed by atoms with E-state index in [1.807, 2.05) is 12.1 Å². The number of nitrogens with one attached hydrogen (secondary N) is 1. The van der Waals surface area contributed by atoms with E-state index in [0.29, 0.717) is 17.4 Å². The molecule has 0 spiro atoms. The Morgan fingerprint density at radius 2 is 2.20 bits per heavy atom. The molecular weight excluding hydrogens is 274 g/mol. The van der Waals surface area contributed by atoms with E-state index in [1.165, 1.54) is 5.56 Å². The van der Waals surface area contributed by atoms with Crippen molar-refractivity contribution in [3.63, 3.8) is 0 Å². The van der Waals surface area contributed by atoms with Crippen molar-refractivity contribution in [1.29, 1.82) is 0 Å². The Morgan fingerprint density at radius 3 is 2.75 bits per heavy atom. The first-order valence-corrected chi connectivity index (χ1v) is 8.89. The van der Waals surface area contributed by atoms with Gasteiger partial charge in [0.15, 0.2) is 9.84 Å². The number of methoxy groups -OCH3 is 1. The van der Waals surface area contributed by atoms with Crippen LogP contribution < -0.4 is 10.1 Å². The summed E-state index contributed by atoms with van der Waals surface area (Å²) in [5.41, 5.74) is 1.34. The second-order valence-electron chi connectivity index (χ2n) is 6.09. The van der Waals surface area contributed by atoms with E-state index in [1.54, 1.807) is 7.11 Å². The lowest BCUT2D eigenvalue weighted by atomic mass is 9.67. The first-order chi connectivity index (χ1) is 9.53. The SMILES string of the molecule is COc1cccc(CC2(C3CCS(=O)(=O)C3)CNC2)c1. The molecule has 1 aromatic carbocycles. The summed E-state index contributed by atoms with van der Waals surface area (Å²) in [5.74, 6) is 1.87. The molecule has 0 aromatic heterocycles. The van der Waals surface area contributed by atoms with Crippen molar-refractivity contribution in [3.05, 3.63) is 29.8 Å². The fraction of sp³-hybridized carbons (Fsp3) is 0.600. The van der Waals surface area contributed by atoms with Gasteiger partial charge >= 0.3 is 0 Å². The van der Waals surface area contributed by atoms with E-state index in [-0.39, 0.29) is 5.41 Å². The van der Waals surface area contributed by atoms with Crippen molar-refractivity contribution in [2.45, 2.75) is 12.8 Å². The van der Waals surface area contributed by atoms with E-state index in [4.69, 9.17) is 4.74 Å². The zero-order chi connectivity index (χ0) is 14.2. The number of hydrogen-bond acceptors (Lipinski definition) is 4. The summed E-state index contributed by atoms with van der Waals surface area (Å²) in [6.07, 6.45) is 1.74. The molecule has 1 aromatic rings. The van der Waals surface area contributed by atoms with Crippen LogP contribution in [0.25, 0.3) is 0 Å². The molecule has 0 bridgehead atoms. The topological polar surface area (TPSA) is 55.4 Å². The van der Waals surface area contributed by atoms with Crippen LogP contribution in [0.1, 0.15) is 12.0 Å². The second kappa shape index (κ2) is 5.04. The van der Waals surface area contributed by atoms with Crippen LogP contribution in [-0.2, 0) is 16.3 Å². The van der Waals surface area contributed by atoms with Crippen LogP contribution in [0.4, 0.5) is 0 Å². The lowest BCUT2D eigenvalue weighted by Gasteiger charge is -2.47. The van der Waals surface area contributed by atoms with Crippen molar-refractivity contribution in [2.75, 3.05) is 31.7 Å². The first-order valence-electron chi connectivity index (χ1n) is 7.07. The molecule has 3 rings (SSSR count). The van der Waals surface area contributed by atoms with Crippen LogP contribution in [0, 0.1) is 11.3 Å². The molecule has 2 saturated heterocycles. The van der Waals surface area contributed by atoms with Gasteiger partial charge in [-0.25, -0.2) is 8.42 Å². The van der Waals surface area contributed by atoms with Crippen LogP contribution in [0.2, 0.25) is 0 Å². The third-order valence-corrected chi connectivity index (χ3v) is 6.51. The molecule has 4 nitrogen and oxygen atoms in total. The van der Waals surface area contributed by atoms with E-state index in [2.05, 4.69) is 17.4 Å². The van der Waals surface area contributed by atoms with Crippen LogP contribution in [0.3, 0.4) is 0 Å². The third kappa shape index (κ3) is 2.56. The summed E-state index contributed by atoms with van der Waals surface area (Å²) in [7, 11) is -1.14. The van der Waals surface area contributed by atoms with Crippen molar-refractivity contribution in [2.24, 2.45) is 11.3 Å². The monoisotopic (exact) mass is 295 g/mol. The van der Waals surface area contributed by atoms with Gasteiger partial charge in [-0.15, -0.1) is 0 Å². The predicted octanol–water partition coefficient (Wildman–Crippen LogP) is 1.26. The Kier molecular flexibility index (Phi) is 3.50. The molecule has 0 radical (unpaired) electrons. The minimum Gasteiger partial charge on any atom is -0.497 e. The summed E-state index contributed by atoms with van der Waals surface area (Å²) >= 11 is 0. The second-order valence-corrected chi connectivity index (χ2v) is 8.32. The van der Waals surface area contributed by atoms with Crippen LogP contribution in [-0.4, -0.2) is 40.1 Å². The Hall–Kier alpha value is -1.07. The molecule has 2 heterocycles. The molecule has 1 unspecified atom stereocenters. The van der Waals surface area contributed by atoms with E-state index in [9.17, 15) is 8.42 Å². The molecule has 5 heteroatoms. The number of ether oxygens (including phenoxy) is 1. The van der Waals surface area contributed by atoms with Gasteiger partial charge in [-0.1, -0.05) is 12.1 Å². The number of benzene rings is 1. The van der Waals surface area contributed by atoms with Crippen molar-refractivity contribution in [3.8, 4) is 5.75 Å². The first kappa shape index (κ1) is 13.9. The van der Waals surface area contributed by atoms with Crippen LogP contribution in [0.5, 0.6) is 5.75 Å². The summed E-state index contributed by atoms with van der Waals surface area (Å²) in [4.78, 5) is 0. The van der Waals surface area contributed by atoms with Gasteiger partial charge in [-0.2, -0.15) is 0 Å². The van der Waals surface area contributed by atoms with Gasteiger partial charge in [-0.05, 0) is 36.5 Å². The average Bonchev–Trinajstić information content (AvgIpc) is 2.75. The highest BCUT2D eigenvalue weighted by molar-refractivity contribution is 7.91. The van der Waals surface area contributed by atoms with E-state index in [0.717, 1.165) is 31.7 Å². The molecule has 0 amide bonds. The van der Waals surface area contributed by atoms with E-state index >= 15 is 0 Å². The van der Waals surface area contributed by atoms with Crippen molar-refractivity contribution >= 4 is 9.84 Å². The number of hydrogen-bond donors (Lipinski definition) is 1. The predicted molar refractivity (Wildman–Crippen MR) is 78.8 cm³/mol. The Labute approximate surface area is 120 Å². The smallest absolute Gasteiger partial charge is 0.150 e. The molecule has 20 heavy (non-hydrogen) atoms. The van der Waals surface area contributed by atoms with Crippen molar-refractivity contribution < 1.29 is 13.2 Å². The fourth-order valence-corrected chi connectivity index (χ4v) is 5.41. The highest BCUT2D eigenvalue weighted by Gasteiger charge is 2.48. The van der Waals surface area contributed by atoms with Gasteiger partial charge in [0.05, 0.1) is 18.6 Å². The molecule has 2 fully saturated rings. The Bertz CT molecular complexity index is 593. The number of sulfone groups is 1. The van der Waals surface area contributed by atoms with E-state index < -0.39 is 9.84 Å². The van der Waals surface area contributed by atoms with Crippen LogP contribution in [0.15, 0.2) is 24.3 Å². The summed E-state index contributed by atoms with van der Waals surface area (Å²) in [6.45, 7) is 1.84. The summed E-state index contributed by atoms with van der Waals surface area (Å²) in [5, 5.41) is 3.33. The summed E-state index contributed by atoms with van der Waals surface area (Å²) in [6, 6.07) is 8.10. The summed E-state index contributed by atoms with van der Waals surface area (Å²) < 4.78 is 28.7. The normalized spacial score (nSPS) is 26.9. The number of rotatable bonds is 4. The molecule has 110 valence electrons. The highest BCUT2D eigenvalue weighted by atomic mass is 32.2.